The smallest absolute Gasteiger partial charge is 0.237 e. The summed E-state index contributed by atoms with van der Waals surface area (Å²) in [7, 11) is 0. The van der Waals surface area contributed by atoms with Gasteiger partial charge in [0.1, 0.15) is 0 Å². The second-order valence-corrected chi connectivity index (χ2v) is 6.06. The van der Waals surface area contributed by atoms with Gasteiger partial charge in [0, 0.05) is 17.0 Å². The topological polar surface area (TPSA) is 41.1 Å². The van der Waals surface area contributed by atoms with Crippen molar-refractivity contribution in [3.8, 4) is 0 Å². The molecule has 1 saturated carbocycles. The van der Waals surface area contributed by atoms with Crippen LogP contribution in [0.25, 0.3) is 0 Å². The summed E-state index contributed by atoms with van der Waals surface area (Å²) in [5.41, 5.74) is 7.31. The van der Waals surface area contributed by atoms with Gasteiger partial charge in [0.05, 0.1) is 0 Å². The predicted octanol–water partition coefficient (Wildman–Crippen LogP) is 2.69. The van der Waals surface area contributed by atoms with E-state index in [0.29, 0.717) is 12.0 Å². The molecule has 1 amide bonds. The van der Waals surface area contributed by atoms with Gasteiger partial charge in [-0.15, -0.1) is 0 Å². The van der Waals surface area contributed by atoms with Gasteiger partial charge in [-0.25, -0.2) is 5.43 Å². The molecule has 0 aromatic heterocycles. The molecule has 1 aliphatic heterocycles. The van der Waals surface area contributed by atoms with Crippen LogP contribution in [0.15, 0.2) is 24.3 Å². The van der Waals surface area contributed by atoms with E-state index in [1.807, 2.05) is 12.1 Å². The van der Waals surface area contributed by atoms with Crippen LogP contribution in [0.5, 0.6) is 0 Å². The summed E-state index contributed by atoms with van der Waals surface area (Å²) in [6.45, 7) is 0. The minimum Gasteiger partial charge on any atom is -0.291 e. The van der Waals surface area contributed by atoms with Crippen LogP contribution in [0, 0.1) is 11.8 Å². The van der Waals surface area contributed by atoms with Crippen LogP contribution in [-0.4, -0.2) is 11.9 Å². The number of benzene rings is 1. The van der Waals surface area contributed by atoms with E-state index in [0.717, 1.165) is 24.3 Å². The first-order chi connectivity index (χ1) is 9.24. The molecular formula is C15H19ClN2O. The maximum absolute atomic E-state index is 11.9. The lowest BCUT2D eigenvalue weighted by Crippen LogP contribution is -2.60. The van der Waals surface area contributed by atoms with Gasteiger partial charge in [-0.1, -0.05) is 36.6 Å². The number of carbonyl (C=O) groups is 1. The summed E-state index contributed by atoms with van der Waals surface area (Å²) in [5.74, 6) is 0.850. The lowest BCUT2D eigenvalue weighted by molar-refractivity contribution is -0.133. The molecule has 1 aromatic carbocycles. The normalized spacial score (nSPS) is 30.6. The Morgan fingerprint density at radius 3 is 2.68 bits per heavy atom. The summed E-state index contributed by atoms with van der Waals surface area (Å²) < 4.78 is 0. The fraction of sp³-hybridized carbons (Fsp3) is 0.533. The Labute approximate surface area is 118 Å². The van der Waals surface area contributed by atoms with Crippen molar-refractivity contribution in [1.82, 2.24) is 10.9 Å². The van der Waals surface area contributed by atoms with Gasteiger partial charge in [0.15, 0.2) is 0 Å². The third-order valence-corrected chi connectivity index (χ3v) is 4.67. The van der Waals surface area contributed by atoms with Crippen LogP contribution in [0.3, 0.4) is 0 Å². The monoisotopic (exact) mass is 278 g/mol. The van der Waals surface area contributed by atoms with Crippen LogP contribution < -0.4 is 10.9 Å². The van der Waals surface area contributed by atoms with E-state index in [1.165, 1.54) is 18.4 Å². The number of fused-ring (bicyclic) bond motifs is 1. The highest BCUT2D eigenvalue weighted by atomic mass is 35.5. The molecule has 102 valence electrons. The highest BCUT2D eigenvalue weighted by molar-refractivity contribution is 6.30. The first kappa shape index (κ1) is 12.9. The maximum Gasteiger partial charge on any atom is 0.237 e. The Bertz CT molecular complexity index is 460. The van der Waals surface area contributed by atoms with Gasteiger partial charge in [-0.3, -0.25) is 10.2 Å². The molecule has 3 atom stereocenters. The van der Waals surface area contributed by atoms with E-state index in [-0.39, 0.29) is 11.8 Å². The molecule has 2 N–H and O–H groups in total. The van der Waals surface area contributed by atoms with Crippen molar-refractivity contribution in [1.29, 1.82) is 0 Å². The van der Waals surface area contributed by atoms with Crippen LogP contribution in [0.2, 0.25) is 5.02 Å². The van der Waals surface area contributed by atoms with Crippen molar-refractivity contribution in [2.24, 2.45) is 11.8 Å². The molecule has 1 heterocycles. The van der Waals surface area contributed by atoms with Crippen LogP contribution >= 0.6 is 11.6 Å². The van der Waals surface area contributed by atoms with Gasteiger partial charge < -0.3 is 0 Å². The summed E-state index contributed by atoms with van der Waals surface area (Å²) in [6, 6.07) is 8.33. The average Bonchev–Trinajstić information content (AvgIpc) is 2.45. The second kappa shape index (κ2) is 5.51. The highest BCUT2D eigenvalue weighted by Crippen LogP contribution is 2.35. The SMILES string of the molecule is O=C1NNC(Cc2ccc(Cl)cc2)C2CCCCC12. The Morgan fingerprint density at radius 2 is 1.89 bits per heavy atom. The van der Waals surface area contributed by atoms with E-state index in [2.05, 4.69) is 23.0 Å². The second-order valence-electron chi connectivity index (χ2n) is 5.63. The molecule has 1 aliphatic carbocycles. The maximum atomic E-state index is 11.9. The summed E-state index contributed by atoms with van der Waals surface area (Å²) in [5, 5.41) is 0.768. The number of hydrogen-bond donors (Lipinski definition) is 2. The van der Waals surface area contributed by atoms with Crippen molar-refractivity contribution in [3.63, 3.8) is 0 Å². The Hall–Kier alpha value is -1.06. The largest absolute Gasteiger partial charge is 0.291 e. The standard InChI is InChI=1S/C15H19ClN2O/c16-11-7-5-10(6-8-11)9-14-12-3-1-2-4-13(12)15(19)18-17-14/h5-8,12-14,17H,1-4,9H2,(H,18,19). The number of hydrazine groups is 1. The number of carbonyl (C=O) groups excluding carboxylic acids is 1. The third kappa shape index (κ3) is 2.77. The molecule has 0 bridgehead atoms. The number of rotatable bonds is 2. The zero-order chi connectivity index (χ0) is 13.2. The zero-order valence-electron chi connectivity index (χ0n) is 10.9. The third-order valence-electron chi connectivity index (χ3n) is 4.42. The van der Waals surface area contributed by atoms with Crippen LogP contribution in [-0.2, 0) is 11.2 Å². The quantitative estimate of drug-likeness (QED) is 0.873. The summed E-state index contributed by atoms with van der Waals surface area (Å²) in [4.78, 5) is 11.9. The van der Waals surface area contributed by atoms with E-state index < -0.39 is 0 Å². The molecule has 3 nitrogen and oxygen atoms in total. The van der Waals surface area contributed by atoms with E-state index in [1.54, 1.807) is 0 Å². The molecule has 4 heteroatoms. The lowest BCUT2D eigenvalue weighted by atomic mass is 9.72. The number of hydrogen-bond acceptors (Lipinski definition) is 2. The molecular weight excluding hydrogens is 260 g/mol. The van der Waals surface area contributed by atoms with Crippen LogP contribution in [0.4, 0.5) is 0 Å². The highest BCUT2D eigenvalue weighted by Gasteiger charge is 2.39. The zero-order valence-corrected chi connectivity index (χ0v) is 11.6. The molecule has 2 fully saturated rings. The number of amides is 1. The van der Waals surface area contributed by atoms with Gasteiger partial charge in [-0.05, 0) is 42.9 Å². The van der Waals surface area contributed by atoms with Crippen molar-refractivity contribution < 1.29 is 4.79 Å². The van der Waals surface area contributed by atoms with E-state index in [9.17, 15) is 4.79 Å². The van der Waals surface area contributed by atoms with E-state index in [4.69, 9.17) is 11.6 Å². The Balaban J connectivity index is 1.73. The molecule has 19 heavy (non-hydrogen) atoms. The van der Waals surface area contributed by atoms with Gasteiger partial charge >= 0.3 is 0 Å². The van der Waals surface area contributed by atoms with Crippen molar-refractivity contribution in [2.45, 2.75) is 38.1 Å². The van der Waals surface area contributed by atoms with Gasteiger partial charge in [0.2, 0.25) is 5.91 Å². The predicted molar refractivity (Wildman–Crippen MR) is 75.7 cm³/mol. The minimum atomic E-state index is 0.178. The summed E-state index contributed by atoms with van der Waals surface area (Å²) >= 11 is 5.91. The first-order valence-electron chi connectivity index (χ1n) is 7.04. The molecule has 2 aliphatic rings. The molecule has 1 saturated heterocycles. The fourth-order valence-corrected chi connectivity index (χ4v) is 3.53. The lowest BCUT2D eigenvalue weighted by Gasteiger charge is -2.41. The summed E-state index contributed by atoms with van der Waals surface area (Å²) in [6.07, 6.45) is 5.56. The first-order valence-corrected chi connectivity index (χ1v) is 7.41. The fourth-order valence-electron chi connectivity index (χ4n) is 3.41. The molecule has 1 aromatic rings. The molecule has 0 radical (unpaired) electrons. The molecule has 0 spiro atoms. The van der Waals surface area contributed by atoms with Crippen molar-refractivity contribution in [3.05, 3.63) is 34.9 Å². The Morgan fingerprint density at radius 1 is 1.16 bits per heavy atom. The number of halogens is 1. The molecule has 3 rings (SSSR count). The van der Waals surface area contributed by atoms with E-state index >= 15 is 0 Å². The van der Waals surface area contributed by atoms with Crippen LogP contribution in [0.1, 0.15) is 31.2 Å². The van der Waals surface area contributed by atoms with Gasteiger partial charge in [-0.2, -0.15) is 0 Å². The Kier molecular flexibility index (Phi) is 3.76. The van der Waals surface area contributed by atoms with Crippen molar-refractivity contribution >= 4 is 17.5 Å². The number of nitrogens with one attached hydrogen (secondary N) is 2. The van der Waals surface area contributed by atoms with Crippen molar-refractivity contribution in [2.75, 3.05) is 0 Å². The average molecular weight is 279 g/mol. The minimum absolute atomic E-state index is 0.178. The molecule has 3 unspecified atom stereocenters. The van der Waals surface area contributed by atoms with Gasteiger partial charge in [0.25, 0.3) is 0 Å².